The van der Waals surface area contributed by atoms with E-state index in [1.165, 1.54) is 0 Å². The van der Waals surface area contributed by atoms with Gasteiger partial charge in [-0.1, -0.05) is 18.2 Å². The Balaban J connectivity index is 2.16. The van der Waals surface area contributed by atoms with Crippen LogP contribution in [0.25, 0.3) is 5.69 Å². The highest BCUT2D eigenvalue weighted by Gasteiger charge is 2.12. The van der Waals surface area contributed by atoms with Gasteiger partial charge in [0.2, 0.25) is 0 Å². The van der Waals surface area contributed by atoms with Gasteiger partial charge < -0.3 is 10.6 Å². The first-order valence-corrected chi connectivity index (χ1v) is 7.50. The van der Waals surface area contributed by atoms with E-state index in [4.69, 9.17) is 0 Å². The van der Waals surface area contributed by atoms with Gasteiger partial charge in [-0.05, 0) is 39.8 Å². The highest BCUT2D eigenvalue weighted by Crippen LogP contribution is 2.09. The fourth-order valence-corrected chi connectivity index (χ4v) is 1.98. The molecule has 0 unspecified atom stereocenters. The minimum Gasteiger partial charge on any atom is -0.357 e. The fraction of sp³-hybridized carbons (Fsp3) is 0.438. The number of hydrogen-bond acceptors (Lipinski definition) is 3. The van der Waals surface area contributed by atoms with Crippen molar-refractivity contribution in [1.29, 1.82) is 0 Å². The lowest BCUT2D eigenvalue weighted by Gasteiger charge is -2.23. The topological polar surface area (TPSA) is 67.1 Å². The Kier molecular flexibility index (Phi) is 5.14. The number of guanidine groups is 1. The van der Waals surface area contributed by atoms with E-state index in [0.717, 1.165) is 24.0 Å². The molecule has 0 radical (unpaired) electrons. The molecule has 0 amide bonds. The van der Waals surface area contributed by atoms with Crippen molar-refractivity contribution in [3.63, 3.8) is 0 Å². The normalized spacial score (nSPS) is 12.3. The highest BCUT2D eigenvalue weighted by molar-refractivity contribution is 5.80. The zero-order valence-corrected chi connectivity index (χ0v) is 13.7. The van der Waals surface area contributed by atoms with Crippen LogP contribution >= 0.6 is 0 Å². The lowest BCUT2D eigenvalue weighted by molar-refractivity contribution is 0.501. The molecular formula is C16H24N6. The molecule has 0 bridgehead atoms. The van der Waals surface area contributed by atoms with Crippen LogP contribution in [0.5, 0.6) is 0 Å². The van der Waals surface area contributed by atoms with Crippen molar-refractivity contribution >= 4 is 5.96 Å². The van der Waals surface area contributed by atoms with Crippen LogP contribution in [0.15, 0.2) is 41.7 Å². The first-order chi connectivity index (χ1) is 10.5. The molecule has 2 N–H and O–H groups in total. The maximum Gasteiger partial charge on any atom is 0.192 e. The molecule has 0 aliphatic rings. The summed E-state index contributed by atoms with van der Waals surface area (Å²) in [6.07, 6.45) is 1.71. The molecule has 1 aromatic carbocycles. The van der Waals surface area contributed by atoms with E-state index in [0.29, 0.717) is 6.54 Å². The summed E-state index contributed by atoms with van der Waals surface area (Å²) in [7, 11) is 0. The van der Waals surface area contributed by atoms with E-state index in [2.05, 4.69) is 46.6 Å². The van der Waals surface area contributed by atoms with E-state index in [1.54, 1.807) is 6.33 Å². The molecule has 0 aliphatic heterocycles. The summed E-state index contributed by atoms with van der Waals surface area (Å²) in [6, 6.07) is 10.0. The van der Waals surface area contributed by atoms with E-state index < -0.39 is 0 Å². The third-order valence-corrected chi connectivity index (χ3v) is 2.87. The molecule has 0 saturated heterocycles. The summed E-state index contributed by atoms with van der Waals surface area (Å²) >= 11 is 0. The monoisotopic (exact) mass is 300 g/mol. The van der Waals surface area contributed by atoms with Gasteiger partial charge in [-0.25, -0.2) is 4.99 Å². The van der Waals surface area contributed by atoms with Crippen LogP contribution in [0.2, 0.25) is 0 Å². The Morgan fingerprint density at radius 3 is 2.59 bits per heavy atom. The number of aromatic nitrogens is 3. The summed E-state index contributed by atoms with van der Waals surface area (Å²) in [4.78, 5) is 4.60. The summed E-state index contributed by atoms with van der Waals surface area (Å²) in [6.45, 7) is 9.63. The van der Waals surface area contributed by atoms with Crippen LogP contribution in [0.3, 0.4) is 0 Å². The number of nitrogens with one attached hydrogen (secondary N) is 2. The van der Waals surface area contributed by atoms with Crippen LogP contribution in [0, 0.1) is 0 Å². The van der Waals surface area contributed by atoms with Gasteiger partial charge in [0.05, 0.1) is 0 Å². The van der Waals surface area contributed by atoms with Crippen molar-refractivity contribution < 1.29 is 0 Å². The van der Waals surface area contributed by atoms with Gasteiger partial charge in [0.25, 0.3) is 0 Å². The molecular weight excluding hydrogens is 276 g/mol. The largest absolute Gasteiger partial charge is 0.357 e. The van der Waals surface area contributed by atoms with Gasteiger partial charge in [-0.15, -0.1) is 10.2 Å². The molecule has 0 aliphatic carbocycles. The summed E-state index contributed by atoms with van der Waals surface area (Å²) < 4.78 is 1.95. The molecule has 6 heteroatoms. The molecule has 0 spiro atoms. The first-order valence-electron chi connectivity index (χ1n) is 7.50. The number of benzene rings is 1. The van der Waals surface area contributed by atoms with Crippen molar-refractivity contribution in [1.82, 2.24) is 25.4 Å². The molecule has 0 atom stereocenters. The smallest absolute Gasteiger partial charge is 0.192 e. The zero-order chi connectivity index (χ0) is 16.0. The lowest BCUT2D eigenvalue weighted by Crippen LogP contribution is -2.47. The molecule has 118 valence electrons. The van der Waals surface area contributed by atoms with E-state index in [1.807, 2.05) is 41.8 Å². The number of aliphatic imine (C=N–C) groups is 1. The number of para-hydroxylation sites is 1. The predicted octanol–water partition coefficient (Wildman–Crippen LogP) is 2.12. The van der Waals surface area contributed by atoms with Crippen LogP contribution in [-0.4, -0.2) is 32.8 Å². The second-order valence-electron chi connectivity index (χ2n) is 6.02. The van der Waals surface area contributed by atoms with Crippen LogP contribution < -0.4 is 10.6 Å². The van der Waals surface area contributed by atoms with Gasteiger partial charge in [-0.2, -0.15) is 0 Å². The Hall–Kier alpha value is -2.37. The van der Waals surface area contributed by atoms with Gasteiger partial charge in [0.1, 0.15) is 12.9 Å². The Labute approximate surface area is 131 Å². The van der Waals surface area contributed by atoms with Gasteiger partial charge in [-0.3, -0.25) is 4.57 Å². The minimum absolute atomic E-state index is 0.0475. The Bertz CT molecular complexity index is 609. The Morgan fingerprint density at radius 1 is 1.23 bits per heavy atom. The summed E-state index contributed by atoms with van der Waals surface area (Å²) in [5.41, 5.74) is 0.986. The van der Waals surface area contributed by atoms with Crippen molar-refractivity contribution in [2.45, 2.75) is 39.8 Å². The zero-order valence-electron chi connectivity index (χ0n) is 13.7. The maximum absolute atomic E-state index is 4.60. The van der Waals surface area contributed by atoms with Crippen LogP contribution in [0.1, 0.15) is 33.5 Å². The number of nitrogens with zero attached hydrogens (tertiary/aromatic N) is 4. The average Bonchev–Trinajstić information content (AvgIpc) is 2.93. The number of rotatable bonds is 4. The van der Waals surface area contributed by atoms with Gasteiger partial charge >= 0.3 is 0 Å². The predicted molar refractivity (Wildman–Crippen MR) is 89.1 cm³/mol. The molecule has 22 heavy (non-hydrogen) atoms. The van der Waals surface area contributed by atoms with Gasteiger partial charge in [0.15, 0.2) is 11.8 Å². The maximum atomic E-state index is 4.60. The van der Waals surface area contributed by atoms with Crippen LogP contribution in [0.4, 0.5) is 0 Å². The van der Waals surface area contributed by atoms with E-state index in [9.17, 15) is 0 Å². The fourth-order valence-electron chi connectivity index (χ4n) is 1.98. The first kappa shape index (κ1) is 16.0. The Morgan fingerprint density at radius 2 is 1.95 bits per heavy atom. The molecule has 1 aromatic heterocycles. The van der Waals surface area contributed by atoms with E-state index in [-0.39, 0.29) is 5.54 Å². The molecule has 1 heterocycles. The SMILES string of the molecule is CCNC(=NCc1nncn1-c1ccccc1)NC(C)(C)C. The molecule has 6 nitrogen and oxygen atoms in total. The quantitative estimate of drug-likeness (QED) is 0.670. The summed E-state index contributed by atoms with van der Waals surface area (Å²) in [5, 5.41) is 14.8. The third kappa shape index (κ3) is 4.58. The lowest BCUT2D eigenvalue weighted by atomic mass is 10.1. The average molecular weight is 300 g/mol. The second kappa shape index (κ2) is 7.06. The molecule has 2 rings (SSSR count). The molecule has 2 aromatic rings. The second-order valence-corrected chi connectivity index (χ2v) is 6.02. The number of hydrogen-bond donors (Lipinski definition) is 2. The minimum atomic E-state index is -0.0475. The van der Waals surface area contributed by atoms with Crippen molar-refractivity contribution in [2.75, 3.05) is 6.54 Å². The molecule has 0 saturated carbocycles. The standard InChI is InChI=1S/C16H24N6/c1-5-17-15(20-16(2,3)4)18-11-14-21-19-12-22(14)13-9-7-6-8-10-13/h6-10,12H,5,11H2,1-4H3,(H2,17,18,20). The van der Waals surface area contributed by atoms with E-state index >= 15 is 0 Å². The molecule has 0 fully saturated rings. The van der Waals surface area contributed by atoms with Crippen molar-refractivity contribution in [3.8, 4) is 5.69 Å². The third-order valence-electron chi connectivity index (χ3n) is 2.87. The van der Waals surface area contributed by atoms with Crippen molar-refractivity contribution in [2.24, 2.45) is 4.99 Å². The van der Waals surface area contributed by atoms with Gasteiger partial charge in [0, 0.05) is 17.8 Å². The van der Waals surface area contributed by atoms with Crippen molar-refractivity contribution in [3.05, 3.63) is 42.5 Å². The van der Waals surface area contributed by atoms with Crippen LogP contribution in [-0.2, 0) is 6.54 Å². The summed E-state index contributed by atoms with van der Waals surface area (Å²) in [5.74, 6) is 1.58. The highest BCUT2D eigenvalue weighted by atomic mass is 15.3.